The number of nitrogens with one attached hydrogen (secondary N) is 2. The summed E-state index contributed by atoms with van der Waals surface area (Å²) < 4.78 is 28.4. The van der Waals surface area contributed by atoms with Crippen LogP contribution in [-0.4, -0.2) is 61.9 Å². The van der Waals surface area contributed by atoms with E-state index in [4.69, 9.17) is 10.4 Å². The summed E-state index contributed by atoms with van der Waals surface area (Å²) >= 11 is 1.95. The molecule has 10 heteroatoms. The number of halogens is 1. The fraction of sp³-hybridized carbons (Fsp3) is 0.500. The first-order chi connectivity index (χ1) is 11.4. The molecule has 0 radical (unpaired) electrons. The van der Waals surface area contributed by atoms with Crippen molar-refractivity contribution < 1.29 is 18.6 Å². The lowest BCUT2D eigenvalue weighted by Crippen LogP contribution is -2.36. The average Bonchev–Trinajstić information content (AvgIpc) is 3.00. The number of hydrogen-bond acceptors (Lipinski definition) is 7. The van der Waals surface area contributed by atoms with E-state index in [9.17, 15) is 13.5 Å². The zero-order chi connectivity index (χ0) is 17.7. The van der Waals surface area contributed by atoms with Gasteiger partial charge in [0, 0.05) is 34.9 Å². The van der Waals surface area contributed by atoms with Gasteiger partial charge in [-0.05, 0) is 47.2 Å². The van der Waals surface area contributed by atoms with E-state index >= 15 is 0 Å². The van der Waals surface area contributed by atoms with Crippen molar-refractivity contribution in [2.45, 2.75) is 23.5 Å². The number of hydrogen-bond donors (Lipinski definition) is 4. The summed E-state index contributed by atoms with van der Waals surface area (Å²) in [5.41, 5.74) is 0.536. The quantitative estimate of drug-likeness (QED) is 0.327. The summed E-state index contributed by atoms with van der Waals surface area (Å²) in [6.07, 6.45) is 1.68. The lowest BCUT2D eigenvalue weighted by Gasteiger charge is -2.16. The molecular formula is C14H19IN4O4S. The van der Waals surface area contributed by atoms with E-state index < -0.39 is 16.1 Å². The van der Waals surface area contributed by atoms with Gasteiger partial charge in [0.05, 0.1) is 17.6 Å². The van der Waals surface area contributed by atoms with E-state index in [1.165, 1.54) is 11.0 Å². The van der Waals surface area contributed by atoms with Crippen molar-refractivity contribution in [1.82, 2.24) is 9.62 Å². The highest BCUT2D eigenvalue weighted by Crippen LogP contribution is 2.23. The molecule has 8 nitrogen and oxygen atoms in total. The lowest BCUT2D eigenvalue weighted by atomic mass is 10.3. The second-order valence-corrected chi connectivity index (χ2v) is 8.36. The van der Waals surface area contributed by atoms with Gasteiger partial charge in [-0.2, -0.15) is 5.26 Å². The molecule has 1 unspecified atom stereocenters. The summed E-state index contributed by atoms with van der Waals surface area (Å²) in [6.45, 7) is 0.652. The number of aliphatic hydroxyl groups is 2. The molecule has 0 saturated carbocycles. The van der Waals surface area contributed by atoms with Gasteiger partial charge in [-0.15, -0.1) is 0 Å². The summed E-state index contributed by atoms with van der Waals surface area (Å²) in [6, 6.07) is 4.57. The van der Waals surface area contributed by atoms with Crippen molar-refractivity contribution in [3.05, 3.63) is 21.8 Å². The number of sulfonamides is 1. The molecule has 1 aromatic rings. The van der Waals surface area contributed by atoms with Gasteiger partial charge in [0.25, 0.3) is 0 Å². The fourth-order valence-corrected chi connectivity index (χ4v) is 4.92. The van der Waals surface area contributed by atoms with E-state index in [0.717, 1.165) is 0 Å². The summed E-state index contributed by atoms with van der Waals surface area (Å²) in [5.74, 6) is 0. The predicted molar refractivity (Wildman–Crippen MR) is 96.7 cm³/mol. The third-order valence-corrected chi connectivity index (χ3v) is 6.49. The van der Waals surface area contributed by atoms with Crippen LogP contribution in [0.25, 0.3) is 0 Å². The molecule has 4 N–H and O–H groups in total. The first kappa shape index (κ1) is 19.2. The van der Waals surface area contributed by atoms with Gasteiger partial charge in [-0.25, -0.2) is 13.1 Å². The molecule has 1 aromatic carbocycles. The predicted octanol–water partition coefficient (Wildman–Crippen LogP) is -0.110. The SMILES string of the molecule is N#CN1CC[C@@H](NS(=O)(=O)c2cc(NCC(O)CO)ccc2I)C1. The third-order valence-electron chi connectivity index (χ3n) is 3.62. The summed E-state index contributed by atoms with van der Waals surface area (Å²) in [5, 5.41) is 29.9. The molecule has 0 bridgehead atoms. The van der Waals surface area contributed by atoms with Crippen LogP contribution in [0.1, 0.15) is 6.42 Å². The van der Waals surface area contributed by atoms with Gasteiger partial charge in [0.15, 0.2) is 6.19 Å². The molecule has 1 saturated heterocycles. The number of nitriles is 1. The Balaban J connectivity index is 2.12. The van der Waals surface area contributed by atoms with Crippen molar-refractivity contribution in [3.63, 3.8) is 0 Å². The first-order valence-corrected chi connectivity index (χ1v) is 9.91. The highest BCUT2D eigenvalue weighted by Gasteiger charge is 2.28. The van der Waals surface area contributed by atoms with E-state index in [1.807, 2.05) is 28.8 Å². The molecule has 0 aliphatic carbocycles. The molecule has 0 spiro atoms. The van der Waals surface area contributed by atoms with Gasteiger partial charge >= 0.3 is 0 Å². The number of nitrogens with zero attached hydrogens (tertiary/aromatic N) is 2. The van der Waals surface area contributed by atoms with Crippen LogP contribution in [-0.2, 0) is 10.0 Å². The molecule has 1 aliphatic rings. The van der Waals surface area contributed by atoms with Crippen LogP contribution in [0.3, 0.4) is 0 Å². The largest absolute Gasteiger partial charge is 0.394 e. The number of likely N-dealkylation sites (tertiary alicyclic amines) is 1. The minimum absolute atomic E-state index is 0.115. The van der Waals surface area contributed by atoms with Crippen LogP contribution in [0.4, 0.5) is 5.69 Å². The Kier molecular flexibility index (Phi) is 6.64. The van der Waals surface area contributed by atoms with Gasteiger partial charge in [-0.1, -0.05) is 0 Å². The number of rotatable bonds is 7. The topological polar surface area (TPSA) is 126 Å². The molecule has 0 aromatic heterocycles. The van der Waals surface area contributed by atoms with Gasteiger partial charge < -0.3 is 20.4 Å². The lowest BCUT2D eigenvalue weighted by molar-refractivity contribution is 0.105. The van der Waals surface area contributed by atoms with Crippen LogP contribution >= 0.6 is 22.6 Å². The second kappa shape index (κ2) is 8.30. The fourth-order valence-electron chi connectivity index (χ4n) is 2.35. The molecule has 1 heterocycles. The maximum absolute atomic E-state index is 12.6. The minimum Gasteiger partial charge on any atom is -0.394 e. The zero-order valence-electron chi connectivity index (χ0n) is 12.8. The number of anilines is 1. The molecule has 24 heavy (non-hydrogen) atoms. The normalized spacial score (nSPS) is 19.1. The maximum Gasteiger partial charge on any atom is 0.242 e. The van der Waals surface area contributed by atoms with E-state index in [1.54, 1.807) is 12.1 Å². The molecular weight excluding hydrogens is 447 g/mol. The van der Waals surface area contributed by atoms with E-state index in [-0.39, 0.29) is 24.1 Å². The summed E-state index contributed by atoms with van der Waals surface area (Å²) in [4.78, 5) is 1.66. The smallest absolute Gasteiger partial charge is 0.242 e. The third kappa shape index (κ3) is 4.93. The Labute approximate surface area is 154 Å². The second-order valence-electron chi connectivity index (χ2n) is 5.52. The Hall–Kier alpha value is -1.13. The van der Waals surface area contributed by atoms with Crippen LogP contribution in [0.5, 0.6) is 0 Å². The summed E-state index contributed by atoms with van der Waals surface area (Å²) in [7, 11) is -3.72. The van der Waals surface area contributed by atoms with Crippen LogP contribution in [0.2, 0.25) is 0 Å². The van der Waals surface area contributed by atoms with Crippen molar-refractivity contribution in [1.29, 1.82) is 5.26 Å². The molecule has 2 rings (SSSR count). The van der Waals surface area contributed by atoms with Crippen LogP contribution in [0.15, 0.2) is 23.1 Å². The van der Waals surface area contributed by atoms with Crippen molar-refractivity contribution in [2.75, 3.05) is 31.6 Å². The zero-order valence-corrected chi connectivity index (χ0v) is 15.8. The average molecular weight is 466 g/mol. The minimum atomic E-state index is -3.72. The van der Waals surface area contributed by atoms with E-state index in [2.05, 4.69) is 10.0 Å². The molecule has 132 valence electrons. The molecule has 0 amide bonds. The molecule has 1 fully saturated rings. The monoisotopic (exact) mass is 466 g/mol. The molecule has 2 atom stereocenters. The van der Waals surface area contributed by atoms with E-state index in [0.29, 0.717) is 28.8 Å². The van der Waals surface area contributed by atoms with Gasteiger partial charge in [-0.3, -0.25) is 0 Å². The number of benzene rings is 1. The Morgan fingerprint density at radius 3 is 2.88 bits per heavy atom. The maximum atomic E-state index is 12.6. The molecule has 1 aliphatic heterocycles. The Morgan fingerprint density at radius 1 is 1.50 bits per heavy atom. The number of aliphatic hydroxyl groups excluding tert-OH is 2. The van der Waals surface area contributed by atoms with Crippen molar-refractivity contribution in [2.24, 2.45) is 0 Å². The Morgan fingerprint density at radius 2 is 2.25 bits per heavy atom. The Bertz CT molecular complexity index is 722. The highest BCUT2D eigenvalue weighted by atomic mass is 127. The van der Waals surface area contributed by atoms with Crippen LogP contribution < -0.4 is 10.0 Å². The van der Waals surface area contributed by atoms with Crippen molar-refractivity contribution >= 4 is 38.3 Å². The van der Waals surface area contributed by atoms with Crippen LogP contribution in [0, 0.1) is 15.0 Å². The first-order valence-electron chi connectivity index (χ1n) is 7.35. The van der Waals surface area contributed by atoms with Gasteiger partial charge in [0.1, 0.15) is 0 Å². The van der Waals surface area contributed by atoms with Crippen molar-refractivity contribution in [3.8, 4) is 6.19 Å². The standard InChI is InChI=1S/C14H19IN4O4S/c15-13-2-1-10(17-6-12(21)8-20)5-14(13)24(22,23)18-11-3-4-19(7-11)9-16/h1-2,5,11-12,17-18,20-21H,3-4,6-8H2/t11-,12?/m1/s1. The van der Waals surface area contributed by atoms with Gasteiger partial charge in [0.2, 0.25) is 10.0 Å². The highest BCUT2D eigenvalue weighted by molar-refractivity contribution is 14.1.